The summed E-state index contributed by atoms with van der Waals surface area (Å²) in [6, 6.07) is 0. The Labute approximate surface area is 125 Å². The van der Waals surface area contributed by atoms with E-state index in [-0.39, 0.29) is 5.92 Å². The van der Waals surface area contributed by atoms with E-state index in [0.717, 1.165) is 17.9 Å². The zero-order valence-electron chi connectivity index (χ0n) is 12.4. The highest BCUT2D eigenvalue weighted by Crippen LogP contribution is 2.20. The van der Waals surface area contributed by atoms with E-state index >= 15 is 0 Å². The molecule has 0 aromatic carbocycles. The number of hydrogen-bond acceptors (Lipinski definition) is 5. The number of rotatable bonds is 10. The van der Waals surface area contributed by atoms with Gasteiger partial charge in [0.1, 0.15) is 11.5 Å². The standard InChI is InChI=1S/C14H23ClN2O3/c1-11(2)14-16-10-13(12(9-15)17-14)20-6-4-5-19-8-7-18-3/h10-11H,4-9H2,1-3H3. The van der Waals surface area contributed by atoms with Gasteiger partial charge in [0.15, 0.2) is 5.75 Å². The summed E-state index contributed by atoms with van der Waals surface area (Å²) in [5.41, 5.74) is 0.741. The minimum atomic E-state index is 0.278. The van der Waals surface area contributed by atoms with Crippen molar-refractivity contribution in [2.24, 2.45) is 0 Å². The molecule has 1 aromatic heterocycles. The van der Waals surface area contributed by atoms with Gasteiger partial charge in [-0.3, -0.25) is 0 Å². The largest absolute Gasteiger partial charge is 0.490 e. The first-order chi connectivity index (χ1) is 9.69. The van der Waals surface area contributed by atoms with Crippen molar-refractivity contribution in [2.45, 2.75) is 32.1 Å². The summed E-state index contributed by atoms with van der Waals surface area (Å²) in [4.78, 5) is 8.70. The molecular formula is C14H23ClN2O3. The van der Waals surface area contributed by atoms with Crippen LogP contribution in [-0.4, -0.2) is 43.5 Å². The van der Waals surface area contributed by atoms with Crippen LogP contribution in [0.1, 0.15) is 37.7 Å². The first-order valence-corrected chi connectivity index (χ1v) is 7.33. The molecule has 0 bridgehead atoms. The Morgan fingerprint density at radius 2 is 2.00 bits per heavy atom. The van der Waals surface area contributed by atoms with Crippen LogP contribution in [0.3, 0.4) is 0 Å². The van der Waals surface area contributed by atoms with Crippen LogP contribution >= 0.6 is 11.6 Å². The molecule has 0 amide bonds. The Morgan fingerprint density at radius 3 is 2.65 bits per heavy atom. The zero-order valence-corrected chi connectivity index (χ0v) is 13.2. The third-order valence-electron chi connectivity index (χ3n) is 2.61. The van der Waals surface area contributed by atoms with Crippen LogP contribution < -0.4 is 4.74 Å². The summed E-state index contributed by atoms with van der Waals surface area (Å²) in [5.74, 6) is 2.04. The molecule has 114 valence electrons. The van der Waals surface area contributed by atoms with Gasteiger partial charge in [-0.1, -0.05) is 13.8 Å². The highest BCUT2D eigenvalue weighted by molar-refractivity contribution is 6.17. The van der Waals surface area contributed by atoms with E-state index < -0.39 is 0 Å². The quantitative estimate of drug-likeness (QED) is 0.491. The van der Waals surface area contributed by atoms with Gasteiger partial charge in [0.05, 0.1) is 31.9 Å². The van der Waals surface area contributed by atoms with Crippen molar-refractivity contribution in [3.63, 3.8) is 0 Å². The van der Waals surface area contributed by atoms with Gasteiger partial charge in [-0.05, 0) is 0 Å². The second-order valence-electron chi connectivity index (χ2n) is 4.63. The van der Waals surface area contributed by atoms with E-state index in [2.05, 4.69) is 9.97 Å². The molecule has 5 nitrogen and oxygen atoms in total. The van der Waals surface area contributed by atoms with Gasteiger partial charge in [0.2, 0.25) is 0 Å². The van der Waals surface area contributed by atoms with Gasteiger partial charge >= 0.3 is 0 Å². The molecule has 0 unspecified atom stereocenters. The molecule has 0 N–H and O–H groups in total. The van der Waals surface area contributed by atoms with Crippen molar-refractivity contribution in [1.29, 1.82) is 0 Å². The van der Waals surface area contributed by atoms with E-state index in [0.29, 0.717) is 38.1 Å². The fourth-order valence-corrected chi connectivity index (χ4v) is 1.69. The molecule has 20 heavy (non-hydrogen) atoms. The van der Waals surface area contributed by atoms with Gasteiger partial charge in [-0.2, -0.15) is 0 Å². The summed E-state index contributed by atoms with van der Waals surface area (Å²) in [6.45, 7) is 6.51. The number of halogens is 1. The zero-order chi connectivity index (χ0) is 14.8. The summed E-state index contributed by atoms with van der Waals surface area (Å²) in [6.07, 6.45) is 2.50. The van der Waals surface area contributed by atoms with Crippen LogP contribution in [-0.2, 0) is 15.4 Å². The van der Waals surface area contributed by atoms with Crippen LogP contribution in [0.4, 0.5) is 0 Å². The Morgan fingerprint density at radius 1 is 1.20 bits per heavy atom. The van der Waals surface area contributed by atoms with Crippen molar-refractivity contribution < 1.29 is 14.2 Å². The first kappa shape index (κ1) is 17.1. The maximum Gasteiger partial charge on any atom is 0.160 e. The van der Waals surface area contributed by atoms with Crippen LogP contribution in [0.25, 0.3) is 0 Å². The molecule has 6 heteroatoms. The third-order valence-corrected chi connectivity index (χ3v) is 2.87. The number of nitrogens with zero attached hydrogens (tertiary/aromatic N) is 2. The molecule has 0 fully saturated rings. The summed E-state index contributed by atoms with van der Waals surface area (Å²) >= 11 is 5.90. The molecule has 0 spiro atoms. The van der Waals surface area contributed by atoms with Crippen molar-refractivity contribution >= 4 is 11.6 Å². The molecule has 0 radical (unpaired) electrons. The molecule has 1 heterocycles. The van der Waals surface area contributed by atoms with E-state index in [9.17, 15) is 0 Å². The van der Waals surface area contributed by atoms with Gasteiger partial charge in [-0.15, -0.1) is 11.6 Å². The molecule has 1 rings (SSSR count). The van der Waals surface area contributed by atoms with Crippen LogP contribution in [0, 0.1) is 0 Å². The first-order valence-electron chi connectivity index (χ1n) is 6.80. The lowest BCUT2D eigenvalue weighted by Crippen LogP contribution is -2.09. The Balaban J connectivity index is 2.36. The lowest BCUT2D eigenvalue weighted by Gasteiger charge is -2.11. The van der Waals surface area contributed by atoms with Crippen molar-refractivity contribution in [3.05, 3.63) is 17.7 Å². The fourth-order valence-electron chi connectivity index (χ4n) is 1.50. The highest BCUT2D eigenvalue weighted by Gasteiger charge is 2.09. The molecular weight excluding hydrogens is 280 g/mol. The summed E-state index contributed by atoms with van der Waals surface area (Å²) < 4.78 is 15.9. The van der Waals surface area contributed by atoms with Crippen molar-refractivity contribution in [3.8, 4) is 5.75 Å². The number of hydrogen-bond donors (Lipinski definition) is 0. The number of alkyl halides is 1. The van der Waals surface area contributed by atoms with Gasteiger partial charge in [0.25, 0.3) is 0 Å². The second-order valence-corrected chi connectivity index (χ2v) is 4.90. The molecule has 0 atom stereocenters. The number of methoxy groups -OCH3 is 1. The summed E-state index contributed by atoms with van der Waals surface area (Å²) in [7, 11) is 1.65. The Kier molecular flexibility index (Phi) is 8.49. The van der Waals surface area contributed by atoms with E-state index in [1.807, 2.05) is 13.8 Å². The normalized spacial score (nSPS) is 11.1. The van der Waals surface area contributed by atoms with E-state index in [1.165, 1.54) is 0 Å². The van der Waals surface area contributed by atoms with Crippen LogP contribution in [0.2, 0.25) is 0 Å². The van der Waals surface area contributed by atoms with Crippen LogP contribution in [0.15, 0.2) is 6.20 Å². The maximum atomic E-state index is 5.90. The average molecular weight is 303 g/mol. The predicted octanol–water partition coefficient (Wildman–Crippen LogP) is 2.77. The lowest BCUT2D eigenvalue weighted by molar-refractivity contribution is 0.0643. The van der Waals surface area contributed by atoms with Crippen molar-refractivity contribution in [2.75, 3.05) is 33.5 Å². The molecule has 0 saturated heterocycles. The van der Waals surface area contributed by atoms with Gasteiger partial charge < -0.3 is 14.2 Å². The maximum absolute atomic E-state index is 5.90. The fraction of sp³-hybridized carbons (Fsp3) is 0.714. The van der Waals surface area contributed by atoms with Crippen LogP contribution in [0.5, 0.6) is 5.75 Å². The van der Waals surface area contributed by atoms with Gasteiger partial charge in [0, 0.05) is 26.1 Å². The number of aromatic nitrogens is 2. The van der Waals surface area contributed by atoms with E-state index in [1.54, 1.807) is 13.3 Å². The Hall–Kier alpha value is -0.910. The molecule has 0 saturated carbocycles. The SMILES string of the molecule is COCCOCCCOc1cnc(C(C)C)nc1CCl. The van der Waals surface area contributed by atoms with Gasteiger partial charge in [-0.25, -0.2) is 9.97 Å². The highest BCUT2D eigenvalue weighted by atomic mass is 35.5. The molecule has 0 aliphatic heterocycles. The topological polar surface area (TPSA) is 53.5 Å². The Bertz CT molecular complexity index is 389. The smallest absolute Gasteiger partial charge is 0.160 e. The van der Waals surface area contributed by atoms with E-state index in [4.69, 9.17) is 25.8 Å². The third kappa shape index (κ3) is 6.03. The lowest BCUT2D eigenvalue weighted by atomic mass is 10.2. The predicted molar refractivity (Wildman–Crippen MR) is 78.5 cm³/mol. The number of ether oxygens (including phenoxy) is 3. The molecule has 0 aliphatic rings. The second kappa shape index (κ2) is 9.91. The molecule has 1 aromatic rings. The summed E-state index contributed by atoms with van der Waals surface area (Å²) in [5, 5.41) is 0. The molecule has 0 aliphatic carbocycles. The monoisotopic (exact) mass is 302 g/mol. The minimum absolute atomic E-state index is 0.278. The minimum Gasteiger partial charge on any atom is -0.490 e. The average Bonchev–Trinajstić information content (AvgIpc) is 2.46. The van der Waals surface area contributed by atoms with Crippen molar-refractivity contribution in [1.82, 2.24) is 9.97 Å².